The van der Waals surface area contributed by atoms with Crippen molar-refractivity contribution in [3.63, 3.8) is 0 Å². The van der Waals surface area contributed by atoms with Crippen molar-refractivity contribution < 1.29 is 4.74 Å². The van der Waals surface area contributed by atoms with Crippen molar-refractivity contribution in [2.45, 2.75) is 6.61 Å². The van der Waals surface area contributed by atoms with E-state index in [1.807, 2.05) is 47.2 Å². The molecule has 0 unspecified atom stereocenters. The number of thiophene rings is 1. The van der Waals surface area contributed by atoms with E-state index in [-0.39, 0.29) is 0 Å². The van der Waals surface area contributed by atoms with Crippen LogP contribution in [0, 0.1) is 0 Å². The third-order valence-corrected chi connectivity index (χ3v) is 4.39. The first-order chi connectivity index (χ1) is 12.4. The van der Waals surface area contributed by atoms with Gasteiger partial charge in [-0.3, -0.25) is 0 Å². The van der Waals surface area contributed by atoms with Gasteiger partial charge in [-0.05, 0) is 29.1 Å². The zero-order chi connectivity index (χ0) is 16.9. The molecule has 0 bridgehead atoms. The maximum atomic E-state index is 5.68. The molecule has 126 valence electrons. The lowest BCUT2D eigenvalue weighted by Gasteiger charge is -2.07. The van der Waals surface area contributed by atoms with Gasteiger partial charge in [-0.25, -0.2) is 0 Å². The number of anilines is 1. The molecule has 25 heavy (non-hydrogen) atoms. The van der Waals surface area contributed by atoms with Crippen LogP contribution >= 0.6 is 11.3 Å². The molecule has 7 heteroatoms. The van der Waals surface area contributed by atoms with Gasteiger partial charge >= 0.3 is 0 Å². The molecule has 4 aromatic rings. The Labute approximate surface area is 149 Å². The topological polar surface area (TPSA) is 64.3 Å². The maximum absolute atomic E-state index is 5.68. The molecule has 0 saturated heterocycles. The van der Waals surface area contributed by atoms with Gasteiger partial charge in [0.25, 0.3) is 0 Å². The number of rotatable bonds is 7. The van der Waals surface area contributed by atoms with Crippen molar-refractivity contribution in [1.29, 1.82) is 0 Å². The summed E-state index contributed by atoms with van der Waals surface area (Å²) < 4.78 is 7.44. The molecule has 0 atom stereocenters. The molecule has 0 spiro atoms. The lowest BCUT2D eigenvalue weighted by atomic mass is 10.2. The minimum atomic E-state index is 0.605. The second-order valence-electron chi connectivity index (χ2n) is 5.49. The molecule has 1 N–H and O–H groups in total. The predicted molar refractivity (Wildman–Crippen MR) is 98.7 cm³/mol. The highest BCUT2D eigenvalue weighted by atomic mass is 32.1. The number of fused-ring (bicyclic) bond motifs is 1. The molecule has 4 rings (SSSR count). The molecule has 0 aliphatic carbocycles. The molecule has 3 aromatic heterocycles. The van der Waals surface area contributed by atoms with Crippen molar-refractivity contribution in [3.8, 4) is 11.4 Å². The molecule has 0 amide bonds. The van der Waals surface area contributed by atoms with Gasteiger partial charge in [-0.2, -0.15) is 15.9 Å². The van der Waals surface area contributed by atoms with Crippen LogP contribution in [0.4, 0.5) is 5.82 Å². The lowest BCUT2D eigenvalue weighted by molar-refractivity contribution is 0.130. The number of ether oxygens (including phenoxy) is 1. The van der Waals surface area contributed by atoms with Crippen molar-refractivity contribution in [1.82, 2.24) is 19.8 Å². The Morgan fingerprint density at radius 2 is 1.96 bits per heavy atom. The van der Waals surface area contributed by atoms with Crippen LogP contribution in [0.15, 0.2) is 59.3 Å². The van der Waals surface area contributed by atoms with Crippen LogP contribution in [0.2, 0.25) is 0 Å². The molecule has 1 aromatic carbocycles. The van der Waals surface area contributed by atoms with E-state index in [0.717, 1.165) is 22.9 Å². The number of aromatic nitrogens is 4. The quantitative estimate of drug-likeness (QED) is 0.517. The van der Waals surface area contributed by atoms with E-state index >= 15 is 0 Å². The summed E-state index contributed by atoms with van der Waals surface area (Å²) in [5.74, 6) is 1.52. The Morgan fingerprint density at radius 1 is 1.04 bits per heavy atom. The van der Waals surface area contributed by atoms with E-state index in [2.05, 4.69) is 32.7 Å². The van der Waals surface area contributed by atoms with Crippen LogP contribution in [0.5, 0.6) is 0 Å². The summed E-state index contributed by atoms with van der Waals surface area (Å²) in [6.07, 6.45) is 0. The second kappa shape index (κ2) is 7.42. The van der Waals surface area contributed by atoms with E-state index in [0.29, 0.717) is 19.8 Å². The Kier molecular flexibility index (Phi) is 4.67. The van der Waals surface area contributed by atoms with Gasteiger partial charge in [0.15, 0.2) is 11.5 Å². The van der Waals surface area contributed by atoms with Gasteiger partial charge in [0, 0.05) is 17.5 Å². The van der Waals surface area contributed by atoms with Gasteiger partial charge in [-0.15, -0.1) is 15.3 Å². The molecule has 0 aliphatic rings. The summed E-state index contributed by atoms with van der Waals surface area (Å²) in [6, 6.07) is 16.0. The zero-order valence-corrected chi connectivity index (χ0v) is 14.3. The van der Waals surface area contributed by atoms with E-state index in [9.17, 15) is 0 Å². The summed E-state index contributed by atoms with van der Waals surface area (Å²) in [4.78, 5) is 0. The highest BCUT2D eigenvalue weighted by Crippen LogP contribution is 2.20. The Bertz CT molecular complexity index is 937. The third-order valence-electron chi connectivity index (χ3n) is 3.71. The SMILES string of the molecule is c1ccc(COCCNc2ccc3nnc(-c4ccsc4)n3n2)cc1. The fraction of sp³-hybridized carbons (Fsp3) is 0.167. The number of nitrogens with one attached hydrogen (secondary N) is 1. The van der Waals surface area contributed by atoms with Crippen LogP contribution in [0.3, 0.4) is 0 Å². The van der Waals surface area contributed by atoms with Crippen LogP contribution in [0.25, 0.3) is 17.0 Å². The van der Waals surface area contributed by atoms with Gasteiger partial charge in [0.05, 0.1) is 13.2 Å². The Balaban J connectivity index is 1.36. The van der Waals surface area contributed by atoms with E-state index in [4.69, 9.17) is 4.74 Å². The highest BCUT2D eigenvalue weighted by molar-refractivity contribution is 7.08. The molecule has 3 heterocycles. The number of benzene rings is 1. The van der Waals surface area contributed by atoms with E-state index in [1.54, 1.807) is 15.9 Å². The lowest BCUT2D eigenvalue weighted by Crippen LogP contribution is -2.11. The van der Waals surface area contributed by atoms with Crippen LogP contribution in [0.1, 0.15) is 5.56 Å². The van der Waals surface area contributed by atoms with Gasteiger partial charge in [0.2, 0.25) is 0 Å². The van der Waals surface area contributed by atoms with Crippen LogP contribution in [-0.2, 0) is 11.3 Å². The summed E-state index contributed by atoms with van der Waals surface area (Å²) in [7, 11) is 0. The van der Waals surface area contributed by atoms with Crippen molar-refractivity contribution >= 4 is 22.8 Å². The van der Waals surface area contributed by atoms with E-state index < -0.39 is 0 Å². The summed E-state index contributed by atoms with van der Waals surface area (Å²) in [5.41, 5.74) is 2.92. The number of nitrogens with zero attached hydrogens (tertiary/aromatic N) is 4. The average molecular weight is 351 g/mol. The molecule has 6 nitrogen and oxygen atoms in total. The Hall–Kier alpha value is -2.77. The van der Waals surface area contributed by atoms with E-state index in [1.165, 1.54) is 5.56 Å². The van der Waals surface area contributed by atoms with Gasteiger partial charge in [0.1, 0.15) is 5.82 Å². The zero-order valence-electron chi connectivity index (χ0n) is 13.5. The van der Waals surface area contributed by atoms with Crippen molar-refractivity contribution in [2.24, 2.45) is 0 Å². The third kappa shape index (κ3) is 3.67. The molecular formula is C18H17N5OS. The normalized spacial score (nSPS) is 11.0. The van der Waals surface area contributed by atoms with Gasteiger partial charge < -0.3 is 10.1 Å². The average Bonchev–Trinajstić information content (AvgIpc) is 3.31. The van der Waals surface area contributed by atoms with Crippen molar-refractivity contribution in [2.75, 3.05) is 18.5 Å². The number of hydrogen-bond acceptors (Lipinski definition) is 6. The fourth-order valence-electron chi connectivity index (χ4n) is 2.47. The first kappa shape index (κ1) is 15.7. The molecule has 0 aliphatic heterocycles. The largest absolute Gasteiger partial charge is 0.375 e. The first-order valence-corrected chi connectivity index (χ1v) is 8.95. The molecule has 0 fully saturated rings. The smallest absolute Gasteiger partial charge is 0.186 e. The maximum Gasteiger partial charge on any atom is 0.186 e. The monoisotopic (exact) mass is 351 g/mol. The summed E-state index contributed by atoms with van der Waals surface area (Å²) in [5, 5.41) is 20.3. The second-order valence-corrected chi connectivity index (χ2v) is 6.27. The van der Waals surface area contributed by atoms with Crippen LogP contribution in [-0.4, -0.2) is 33.0 Å². The standard InChI is InChI=1S/C18H17N5OS/c1-2-4-14(5-3-1)12-24-10-9-19-16-6-7-17-20-21-18(23(17)22-16)15-8-11-25-13-15/h1-8,11,13H,9-10,12H2,(H,19,22). The summed E-state index contributed by atoms with van der Waals surface area (Å²) >= 11 is 1.63. The first-order valence-electron chi connectivity index (χ1n) is 8.01. The number of hydrogen-bond donors (Lipinski definition) is 1. The summed E-state index contributed by atoms with van der Waals surface area (Å²) in [6.45, 7) is 1.90. The minimum absolute atomic E-state index is 0.605. The van der Waals surface area contributed by atoms with Gasteiger partial charge in [-0.1, -0.05) is 30.3 Å². The predicted octanol–water partition coefficient (Wildman–Crippen LogP) is 3.48. The highest BCUT2D eigenvalue weighted by Gasteiger charge is 2.10. The molecule has 0 radical (unpaired) electrons. The molecule has 0 saturated carbocycles. The van der Waals surface area contributed by atoms with Crippen LogP contribution < -0.4 is 5.32 Å². The van der Waals surface area contributed by atoms with Crippen molar-refractivity contribution in [3.05, 3.63) is 64.9 Å². The molecular weight excluding hydrogens is 334 g/mol. The fourth-order valence-corrected chi connectivity index (χ4v) is 3.10. The minimum Gasteiger partial charge on any atom is -0.375 e. The Morgan fingerprint density at radius 3 is 2.80 bits per heavy atom.